The predicted octanol–water partition coefficient (Wildman–Crippen LogP) is 0.882. The summed E-state index contributed by atoms with van der Waals surface area (Å²) in [5, 5.41) is 8.79. The summed E-state index contributed by atoms with van der Waals surface area (Å²) in [6.07, 6.45) is 0.912. The largest absolute Gasteiger partial charge is 0.465 e. The molecular weight excluding hydrogens is 194 g/mol. The Morgan fingerprint density at radius 3 is 2.53 bits per heavy atom. The van der Waals surface area contributed by atoms with Gasteiger partial charge in [-0.3, -0.25) is 0 Å². The Morgan fingerprint density at radius 2 is 2.00 bits per heavy atom. The lowest BCUT2D eigenvalue weighted by molar-refractivity contribution is 0.142. The number of hydrogen-bond acceptors (Lipinski definition) is 3. The van der Waals surface area contributed by atoms with Crippen molar-refractivity contribution in [2.45, 2.75) is 0 Å². The maximum absolute atomic E-state index is 10.7. The summed E-state index contributed by atoms with van der Waals surface area (Å²) in [5.41, 5.74) is 0. The summed E-state index contributed by atoms with van der Waals surface area (Å²) < 4.78 is 0. The Labute approximate surface area is 87.9 Å². The average molecular weight is 207 g/mol. The highest BCUT2D eigenvalue weighted by molar-refractivity contribution is 5.65. The summed E-state index contributed by atoms with van der Waals surface area (Å²) >= 11 is 0. The molecule has 0 unspecified atom stereocenters. The number of nitrogens with zero attached hydrogens (tertiary/aromatic N) is 3. The lowest BCUT2D eigenvalue weighted by Gasteiger charge is -2.33. The maximum atomic E-state index is 10.7. The van der Waals surface area contributed by atoms with Crippen LogP contribution < -0.4 is 4.90 Å². The van der Waals surface area contributed by atoms with Crippen molar-refractivity contribution in [2.75, 3.05) is 31.1 Å². The molecule has 5 nitrogen and oxygen atoms in total. The van der Waals surface area contributed by atoms with E-state index < -0.39 is 6.09 Å². The highest BCUT2D eigenvalue weighted by Crippen LogP contribution is 2.12. The molecule has 1 aliphatic heterocycles. The van der Waals surface area contributed by atoms with Gasteiger partial charge in [0.25, 0.3) is 0 Å². The topological polar surface area (TPSA) is 56.7 Å². The van der Waals surface area contributed by atoms with Gasteiger partial charge in [0.2, 0.25) is 0 Å². The lowest BCUT2D eigenvalue weighted by Crippen LogP contribution is -2.48. The van der Waals surface area contributed by atoms with Crippen LogP contribution in [-0.2, 0) is 0 Å². The molecule has 0 atom stereocenters. The van der Waals surface area contributed by atoms with Crippen molar-refractivity contribution in [1.29, 1.82) is 0 Å². The molecule has 0 aromatic carbocycles. The molecule has 1 N–H and O–H groups in total. The summed E-state index contributed by atoms with van der Waals surface area (Å²) in [6, 6.07) is 5.75. The van der Waals surface area contributed by atoms with E-state index in [1.165, 1.54) is 4.90 Å². The first-order chi connectivity index (χ1) is 7.27. The minimum atomic E-state index is -0.837. The number of rotatable bonds is 1. The monoisotopic (exact) mass is 207 g/mol. The van der Waals surface area contributed by atoms with Gasteiger partial charge in [-0.25, -0.2) is 9.78 Å². The summed E-state index contributed by atoms with van der Waals surface area (Å²) in [5.74, 6) is 0.919. The van der Waals surface area contributed by atoms with Gasteiger partial charge in [-0.15, -0.1) is 0 Å². The number of carbonyl (C=O) groups is 1. The van der Waals surface area contributed by atoms with Crippen LogP contribution in [0.1, 0.15) is 0 Å². The third-order valence-electron chi connectivity index (χ3n) is 2.52. The molecule has 0 radical (unpaired) electrons. The van der Waals surface area contributed by atoms with Gasteiger partial charge in [-0.05, 0) is 12.1 Å². The Balaban J connectivity index is 1.97. The zero-order valence-electron chi connectivity index (χ0n) is 8.33. The molecule has 2 rings (SSSR count). The molecule has 0 spiro atoms. The Hall–Kier alpha value is -1.78. The van der Waals surface area contributed by atoms with Crippen LogP contribution in [0.25, 0.3) is 0 Å². The van der Waals surface area contributed by atoms with E-state index in [0.717, 1.165) is 5.82 Å². The first-order valence-corrected chi connectivity index (χ1v) is 4.91. The zero-order valence-corrected chi connectivity index (χ0v) is 8.33. The van der Waals surface area contributed by atoms with Crippen molar-refractivity contribution in [2.24, 2.45) is 0 Å². The maximum Gasteiger partial charge on any atom is 0.407 e. The molecule has 1 aliphatic rings. The molecule has 15 heavy (non-hydrogen) atoms. The third-order valence-corrected chi connectivity index (χ3v) is 2.52. The van der Waals surface area contributed by atoms with E-state index in [0.29, 0.717) is 26.2 Å². The van der Waals surface area contributed by atoms with Gasteiger partial charge in [-0.2, -0.15) is 0 Å². The fourth-order valence-corrected chi connectivity index (χ4v) is 1.67. The van der Waals surface area contributed by atoms with Crippen LogP contribution in [0.3, 0.4) is 0 Å². The second-order valence-corrected chi connectivity index (χ2v) is 3.44. The van der Waals surface area contributed by atoms with E-state index >= 15 is 0 Å². The summed E-state index contributed by atoms with van der Waals surface area (Å²) in [4.78, 5) is 18.4. The van der Waals surface area contributed by atoms with E-state index in [4.69, 9.17) is 5.11 Å². The molecule has 0 bridgehead atoms. The summed E-state index contributed by atoms with van der Waals surface area (Å²) in [7, 11) is 0. The molecule has 1 saturated heterocycles. The fraction of sp³-hybridized carbons (Fsp3) is 0.400. The minimum Gasteiger partial charge on any atom is -0.465 e. The van der Waals surface area contributed by atoms with Gasteiger partial charge in [0.15, 0.2) is 0 Å². The first-order valence-electron chi connectivity index (χ1n) is 4.91. The second kappa shape index (κ2) is 4.16. The molecular formula is C10H13N3O2. The Morgan fingerprint density at radius 1 is 1.27 bits per heavy atom. The van der Waals surface area contributed by atoms with Crippen LogP contribution >= 0.6 is 0 Å². The Kier molecular flexibility index (Phi) is 2.71. The quantitative estimate of drug-likeness (QED) is 0.742. The van der Waals surface area contributed by atoms with Gasteiger partial charge in [-0.1, -0.05) is 6.07 Å². The number of anilines is 1. The van der Waals surface area contributed by atoms with E-state index in [9.17, 15) is 4.79 Å². The smallest absolute Gasteiger partial charge is 0.407 e. The minimum absolute atomic E-state index is 0.548. The van der Waals surface area contributed by atoms with Gasteiger partial charge >= 0.3 is 6.09 Å². The average Bonchev–Trinajstić information content (AvgIpc) is 2.30. The molecule has 5 heteroatoms. The van der Waals surface area contributed by atoms with Gasteiger partial charge in [0, 0.05) is 32.4 Å². The number of piperazine rings is 1. The number of pyridine rings is 1. The van der Waals surface area contributed by atoms with Crippen LogP contribution in [0, 0.1) is 0 Å². The van der Waals surface area contributed by atoms with Crippen molar-refractivity contribution >= 4 is 11.9 Å². The normalized spacial score (nSPS) is 16.5. The third kappa shape index (κ3) is 2.18. The van der Waals surface area contributed by atoms with Crippen LogP contribution in [0.2, 0.25) is 0 Å². The first kappa shape index (κ1) is 9.76. The predicted molar refractivity (Wildman–Crippen MR) is 56.0 cm³/mol. The second-order valence-electron chi connectivity index (χ2n) is 3.44. The Bertz CT molecular complexity index is 334. The van der Waals surface area contributed by atoms with E-state index in [2.05, 4.69) is 9.88 Å². The molecule has 0 aliphatic carbocycles. The molecule has 2 heterocycles. The van der Waals surface area contributed by atoms with Gasteiger partial charge in [0.1, 0.15) is 5.82 Å². The van der Waals surface area contributed by atoms with E-state index in [1.807, 2.05) is 18.2 Å². The van der Waals surface area contributed by atoms with Gasteiger partial charge < -0.3 is 14.9 Å². The van der Waals surface area contributed by atoms with Crippen molar-refractivity contribution in [3.05, 3.63) is 24.4 Å². The van der Waals surface area contributed by atoms with Crippen LogP contribution in [-0.4, -0.2) is 47.3 Å². The van der Waals surface area contributed by atoms with Crippen molar-refractivity contribution in [3.63, 3.8) is 0 Å². The number of amides is 1. The van der Waals surface area contributed by atoms with Crippen molar-refractivity contribution < 1.29 is 9.90 Å². The highest BCUT2D eigenvalue weighted by Gasteiger charge is 2.20. The van der Waals surface area contributed by atoms with Crippen molar-refractivity contribution in [1.82, 2.24) is 9.88 Å². The number of hydrogen-bond donors (Lipinski definition) is 1. The fourth-order valence-electron chi connectivity index (χ4n) is 1.67. The standard InChI is InChI=1S/C10H13N3O2/c14-10(15)13-7-5-12(6-8-13)9-3-1-2-4-11-9/h1-4H,5-8H2,(H,14,15). The molecule has 1 fully saturated rings. The van der Waals surface area contributed by atoms with Crippen LogP contribution in [0.5, 0.6) is 0 Å². The molecule has 1 aromatic heterocycles. The number of aromatic nitrogens is 1. The molecule has 80 valence electrons. The van der Waals surface area contributed by atoms with Crippen LogP contribution in [0.15, 0.2) is 24.4 Å². The van der Waals surface area contributed by atoms with E-state index in [1.54, 1.807) is 6.20 Å². The summed E-state index contributed by atoms with van der Waals surface area (Å²) in [6.45, 7) is 2.52. The molecule has 1 amide bonds. The SMILES string of the molecule is O=C(O)N1CCN(c2ccccn2)CC1. The molecule has 1 aromatic rings. The zero-order chi connectivity index (χ0) is 10.7. The van der Waals surface area contributed by atoms with E-state index in [-0.39, 0.29) is 0 Å². The highest BCUT2D eigenvalue weighted by atomic mass is 16.4. The van der Waals surface area contributed by atoms with Gasteiger partial charge in [0.05, 0.1) is 0 Å². The van der Waals surface area contributed by atoms with Crippen LogP contribution in [0.4, 0.5) is 10.6 Å². The van der Waals surface area contributed by atoms with Crippen molar-refractivity contribution in [3.8, 4) is 0 Å². The number of carboxylic acid groups (broad SMARTS) is 1. The lowest BCUT2D eigenvalue weighted by atomic mass is 10.3. The molecule has 0 saturated carbocycles.